The number of pyridine rings is 1. The molecule has 0 bridgehead atoms. The predicted molar refractivity (Wildman–Crippen MR) is 63.1 cm³/mol. The van der Waals surface area contributed by atoms with Gasteiger partial charge in [0, 0.05) is 24.6 Å². The Morgan fingerprint density at radius 2 is 2.31 bits per heavy atom. The number of nitrogens with zero attached hydrogens (tertiary/aromatic N) is 1. The van der Waals surface area contributed by atoms with Gasteiger partial charge >= 0.3 is 0 Å². The molecule has 1 aliphatic heterocycles. The Morgan fingerprint density at radius 3 is 2.88 bits per heavy atom. The van der Waals surface area contributed by atoms with Gasteiger partial charge in [0.05, 0.1) is 5.41 Å². The minimum absolute atomic E-state index is 0.117. The van der Waals surface area contributed by atoms with E-state index in [1.165, 1.54) is 0 Å². The van der Waals surface area contributed by atoms with Crippen molar-refractivity contribution in [2.24, 2.45) is 5.41 Å². The summed E-state index contributed by atoms with van der Waals surface area (Å²) in [4.78, 5) is 16.1. The van der Waals surface area contributed by atoms with Crippen molar-refractivity contribution >= 4 is 11.6 Å². The van der Waals surface area contributed by atoms with Crippen LogP contribution in [0.3, 0.4) is 0 Å². The quantitative estimate of drug-likeness (QED) is 0.808. The second kappa shape index (κ2) is 4.61. The summed E-state index contributed by atoms with van der Waals surface area (Å²) in [5, 5.41) is 6.21. The topological polar surface area (TPSA) is 54.0 Å². The maximum atomic E-state index is 12.2. The zero-order valence-electron chi connectivity index (χ0n) is 9.49. The van der Waals surface area contributed by atoms with Crippen LogP contribution in [-0.2, 0) is 4.79 Å². The van der Waals surface area contributed by atoms with Gasteiger partial charge in [-0.05, 0) is 31.5 Å². The third kappa shape index (κ3) is 2.07. The van der Waals surface area contributed by atoms with E-state index in [9.17, 15) is 4.79 Å². The lowest BCUT2D eigenvalue weighted by atomic mass is 9.83. The first-order valence-electron chi connectivity index (χ1n) is 5.69. The van der Waals surface area contributed by atoms with Gasteiger partial charge in [0.1, 0.15) is 0 Å². The molecule has 16 heavy (non-hydrogen) atoms. The van der Waals surface area contributed by atoms with Crippen LogP contribution in [0.2, 0.25) is 0 Å². The molecule has 2 rings (SSSR count). The fourth-order valence-electron chi connectivity index (χ4n) is 2.10. The second-order valence-electron chi connectivity index (χ2n) is 4.25. The van der Waals surface area contributed by atoms with E-state index in [-0.39, 0.29) is 11.3 Å². The van der Waals surface area contributed by atoms with Gasteiger partial charge in [-0.1, -0.05) is 6.92 Å². The maximum absolute atomic E-state index is 12.2. The molecule has 1 unspecified atom stereocenters. The molecule has 1 aromatic heterocycles. The summed E-state index contributed by atoms with van der Waals surface area (Å²) in [6.07, 6.45) is 5.15. The lowest BCUT2D eigenvalue weighted by Gasteiger charge is -2.25. The molecule has 1 amide bonds. The lowest BCUT2D eigenvalue weighted by molar-refractivity contribution is -0.124. The van der Waals surface area contributed by atoms with Gasteiger partial charge in [-0.2, -0.15) is 0 Å². The Labute approximate surface area is 95.5 Å². The summed E-state index contributed by atoms with van der Waals surface area (Å²) in [5.74, 6) is 0.117. The monoisotopic (exact) mass is 219 g/mol. The van der Waals surface area contributed by atoms with Gasteiger partial charge < -0.3 is 10.6 Å². The molecule has 2 N–H and O–H groups in total. The van der Waals surface area contributed by atoms with Crippen LogP contribution < -0.4 is 10.6 Å². The first-order valence-corrected chi connectivity index (χ1v) is 5.69. The molecule has 1 saturated heterocycles. The van der Waals surface area contributed by atoms with E-state index in [4.69, 9.17) is 0 Å². The number of hydrogen-bond acceptors (Lipinski definition) is 3. The van der Waals surface area contributed by atoms with Crippen LogP contribution in [0.4, 0.5) is 5.69 Å². The normalized spacial score (nSPS) is 24.3. The molecule has 0 radical (unpaired) electrons. The zero-order chi connectivity index (χ0) is 11.4. The number of aromatic nitrogens is 1. The van der Waals surface area contributed by atoms with Crippen molar-refractivity contribution in [2.75, 3.05) is 18.4 Å². The van der Waals surface area contributed by atoms with Crippen LogP contribution in [0.25, 0.3) is 0 Å². The lowest BCUT2D eigenvalue weighted by Crippen LogP contribution is -2.37. The Hall–Kier alpha value is -1.42. The van der Waals surface area contributed by atoms with Crippen molar-refractivity contribution in [1.82, 2.24) is 10.3 Å². The molecule has 1 aromatic rings. The average molecular weight is 219 g/mol. The van der Waals surface area contributed by atoms with Crippen molar-refractivity contribution < 1.29 is 4.79 Å². The van der Waals surface area contributed by atoms with Crippen molar-refractivity contribution in [2.45, 2.75) is 19.8 Å². The molecule has 1 atom stereocenters. The van der Waals surface area contributed by atoms with Crippen LogP contribution in [0.5, 0.6) is 0 Å². The molecule has 4 nitrogen and oxygen atoms in total. The summed E-state index contributed by atoms with van der Waals surface area (Å²) >= 11 is 0. The predicted octanol–water partition coefficient (Wildman–Crippen LogP) is 1.41. The molecule has 0 aliphatic carbocycles. The highest BCUT2D eigenvalue weighted by atomic mass is 16.2. The Bertz CT molecular complexity index is 358. The first-order chi connectivity index (χ1) is 7.77. The average Bonchev–Trinajstić information content (AvgIpc) is 2.80. The highest BCUT2D eigenvalue weighted by Gasteiger charge is 2.39. The molecule has 2 heterocycles. The van der Waals surface area contributed by atoms with Crippen molar-refractivity contribution in [3.63, 3.8) is 0 Å². The van der Waals surface area contributed by atoms with Gasteiger partial charge in [-0.15, -0.1) is 0 Å². The van der Waals surface area contributed by atoms with Crippen molar-refractivity contribution in [3.05, 3.63) is 24.5 Å². The van der Waals surface area contributed by atoms with Gasteiger partial charge in [0.15, 0.2) is 0 Å². The van der Waals surface area contributed by atoms with Gasteiger partial charge in [0.2, 0.25) is 5.91 Å². The third-order valence-corrected chi connectivity index (χ3v) is 3.34. The van der Waals surface area contributed by atoms with Crippen LogP contribution >= 0.6 is 0 Å². The number of amides is 1. The van der Waals surface area contributed by atoms with Gasteiger partial charge in [-0.3, -0.25) is 9.78 Å². The summed E-state index contributed by atoms with van der Waals surface area (Å²) in [5.41, 5.74) is 0.586. The first kappa shape index (κ1) is 11.1. The molecule has 0 saturated carbocycles. The minimum atomic E-state index is -0.233. The number of carbonyl (C=O) groups is 1. The molecule has 4 heteroatoms. The summed E-state index contributed by atoms with van der Waals surface area (Å²) in [6.45, 7) is 3.77. The molecule has 1 aliphatic rings. The number of nitrogens with one attached hydrogen (secondary N) is 2. The fraction of sp³-hybridized carbons (Fsp3) is 0.500. The zero-order valence-corrected chi connectivity index (χ0v) is 9.49. The highest BCUT2D eigenvalue weighted by molar-refractivity contribution is 5.95. The molecular weight excluding hydrogens is 202 g/mol. The molecule has 1 fully saturated rings. The van der Waals surface area contributed by atoms with E-state index in [1.54, 1.807) is 12.4 Å². The Balaban J connectivity index is 2.07. The van der Waals surface area contributed by atoms with E-state index in [1.807, 2.05) is 12.1 Å². The van der Waals surface area contributed by atoms with E-state index >= 15 is 0 Å². The number of carbonyl (C=O) groups excluding carboxylic acids is 1. The smallest absolute Gasteiger partial charge is 0.231 e. The van der Waals surface area contributed by atoms with Crippen molar-refractivity contribution in [1.29, 1.82) is 0 Å². The summed E-state index contributed by atoms with van der Waals surface area (Å²) in [7, 11) is 0. The Morgan fingerprint density at radius 1 is 1.56 bits per heavy atom. The number of hydrogen-bond donors (Lipinski definition) is 2. The van der Waals surface area contributed by atoms with E-state index in [2.05, 4.69) is 22.5 Å². The van der Waals surface area contributed by atoms with E-state index in [0.717, 1.165) is 31.6 Å². The second-order valence-corrected chi connectivity index (χ2v) is 4.25. The fourth-order valence-corrected chi connectivity index (χ4v) is 2.10. The van der Waals surface area contributed by atoms with Crippen LogP contribution in [0.15, 0.2) is 24.5 Å². The molecule has 0 spiro atoms. The van der Waals surface area contributed by atoms with Crippen LogP contribution in [0.1, 0.15) is 19.8 Å². The molecule has 86 valence electrons. The van der Waals surface area contributed by atoms with Crippen LogP contribution in [-0.4, -0.2) is 24.0 Å². The summed E-state index contributed by atoms with van der Waals surface area (Å²) in [6, 6.07) is 3.62. The van der Waals surface area contributed by atoms with Crippen molar-refractivity contribution in [3.8, 4) is 0 Å². The minimum Gasteiger partial charge on any atom is -0.325 e. The highest BCUT2D eigenvalue weighted by Crippen LogP contribution is 2.30. The SMILES string of the molecule is CCC1(C(=O)Nc2ccncc2)CCNC1. The Kier molecular flexibility index (Phi) is 3.19. The largest absolute Gasteiger partial charge is 0.325 e. The number of rotatable bonds is 3. The molecule has 0 aromatic carbocycles. The van der Waals surface area contributed by atoms with Gasteiger partial charge in [-0.25, -0.2) is 0 Å². The van der Waals surface area contributed by atoms with E-state index < -0.39 is 0 Å². The van der Waals surface area contributed by atoms with Gasteiger partial charge in [0.25, 0.3) is 0 Å². The van der Waals surface area contributed by atoms with Crippen LogP contribution in [0, 0.1) is 5.41 Å². The molecular formula is C12H17N3O. The number of anilines is 1. The maximum Gasteiger partial charge on any atom is 0.231 e. The summed E-state index contributed by atoms with van der Waals surface area (Å²) < 4.78 is 0. The standard InChI is InChI=1S/C12H17N3O/c1-2-12(5-8-14-9-12)11(16)15-10-3-6-13-7-4-10/h3-4,6-7,14H,2,5,8-9H2,1H3,(H,13,15,16). The van der Waals surface area contributed by atoms with E-state index in [0.29, 0.717) is 0 Å². The third-order valence-electron chi connectivity index (χ3n) is 3.34.